The van der Waals surface area contributed by atoms with Gasteiger partial charge < -0.3 is 10.4 Å². The van der Waals surface area contributed by atoms with Gasteiger partial charge >= 0.3 is 6.09 Å². The molecule has 0 fully saturated rings. The molecule has 4 nitrogen and oxygen atoms in total. The molecule has 0 saturated heterocycles. The zero-order valence-electron chi connectivity index (χ0n) is 6.97. The molecule has 0 aliphatic carbocycles. The molecule has 4 heteroatoms. The maximum atomic E-state index is 11.0. The van der Waals surface area contributed by atoms with Crippen LogP contribution in [0.25, 0.3) is 0 Å². The molecule has 0 bridgehead atoms. The highest BCUT2D eigenvalue weighted by molar-refractivity contribution is 5.87. The SMILES string of the molecule is CC(C)(C)C(=O)CNC(=O)O. The van der Waals surface area contributed by atoms with E-state index in [-0.39, 0.29) is 12.3 Å². The van der Waals surface area contributed by atoms with Crippen molar-refractivity contribution in [1.82, 2.24) is 5.32 Å². The van der Waals surface area contributed by atoms with E-state index in [2.05, 4.69) is 0 Å². The van der Waals surface area contributed by atoms with Crippen LogP contribution in [0.5, 0.6) is 0 Å². The van der Waals surface area contributed by atoms with Crippen LogP contribution in [0.3, 0.4) is 0 Å². The van der Waals surface area contributed by atoms with Gasteiger partial charge in [-0.2, -0.15) is 0 Å². The standard InChI is InChI=1S/C7H13NO3/c1-7(2,3)5(9)4-8-6(10)11/h8H,4H2,1-3H3,(H,10,11). The largest absolute Gasteiger partial charge is 0.465 e. The summed E-state index contributed by atoms with van der Waals surface area (Å²) < 4.78 is 0. The Bertz CT molecular complexity index is 169. The number of hydrogen-bond donors (Lipinski definition) is 2. The van der Waals surface area contributed by atoms with E-state index in [1.807, 2.05) is 5.32 Å². The van der Waals surface area contributed by atoms with E-state index in [1.165, 1.54) is 0 Å². The van der Waals surface area contributed by atoms with E-state index in [0.29, 0.717) is 0 Å². The Morgan fingerprint density at radius 1 is 1.36 bits per heavy atom. The minimum atomic E-state index is -1.16. The van der Waals surface area contributed by atoms with Gasteiger partial charge in [-0.1, -0.05) is 20.8 Å². The third kappa shape index (κ3) is 4.36. The van der Waals surface area contributed by atoms with Crippen LogP contribution in [0, 0.1) is 5.41 Å². The summed E-state index contributed by atoms with van der Waals surface area (Å²) in [6, 6.07) is 0. The van der Waals surface area contributed by atoms with Gasteiger partial charge in [0.05, 0.1) is 6.54 Å². The molecular formula is C7H13NO3. The van der Waals surface area contributed by atoms with Crippen molar-refractivity contribution < 1.29 is 14.7 Å². The molecule has 0 aromatic rings. The number of nitrogens with one attached hydrogen (secondary N) is 1. The minimum Gasteiger partial charge on any atom is -0.465 e. The van der Waals surface area contributed by atoms with Gasteiger partial charge in [0.2, 0.25) is 0 Å². The van der Waals surface area contributed by atoms with Gasteiger partial charge in [0, 0.05) is 5.41 Å². The summed E-state index contributed by atoms with van der Waals surface area (Å²) in [5, 5.41) is 10.2. The van der Waals surface area contributed by atoms with Crippen LogP contribution in [0.2, 0.25) is 0 Å². The van der Waals surface area contributed by atoms with Crippen LogP contribution in [-0.4, -0.2) is 23.5 Å². The zero-order chi connectivity index (χ0) is 9.07. The van der Waals surface area contributed by atoms with E-state index in [1.54, 1.807) is 20.8 Å². The van der Waals surface area contributed by atoms with E-state index in [4.69, 9.17) is 5.11 Å². The summed E-state index contributed by atoms with van der Waals surface area (Å²) in [6.45, 7) is 5.13. The Morgan fingerprint density at radius 2 is 1.82 bits per heavy atom. The Labute approximate surface area is 65.6 Å². The molecule has 11 heavy (non-hydrogen) atoms. The number of Topliss-reactive ketones (excluding diaryl/α,β-unsaturated/α-hetero) is 1. The summed E-state index contributed by atoms with van der Waals surface area (Å²) in [6.07, 6.45) is -1.16. The molecule has 0 heterocycles. The first-order chi connectivity index (χ1) is 4.84. The van der Waals surface area contributed by atoms with Gasteiger partial charge in [-0.05, 0) is 0 Å². The first-order valence-electron chi connectivity index (χ1n) is 3.34. The Kier molecular flexibility index (Phi) is 3.04. The third-order valence-electron chi connectivity index (χ3n) is 1.24. The molecule has 0 unspecified atom stereocenters. The first kappa shape index (κ1) is 9.94. The average molecular weight is 159 g/mol. The second-order valence-electron chi connectivity index (χ2n) is 3.33. The zero-order valence-corrected chi connectivity index (χ0v) is 6.97. The normalized spacial score (nSPS) is 10.8. The fraction of sp³-hybridized carbons (Fsp3) is 0.714. The van der Waals surface area contributed by atoms with Crippen LogP contribution >= 0.6 is 0 Å². The molecular weight excluding hydrogens is 146 g/mol. The predicted molar refractivity (Wildman–Crippen MR) is 40.5 cm³/mol. The number of carbonyl (C=O) groups is 2. The summed E-state index contributed by atoms with van der Waals surface area (Å²) >= 11 is 0. The van der Waals surface area contributed by atoms with E-state index < -0.39 is 11.5 Å². The number of ketones is 1. The quantitative estimate of drug-likeness (QED) is 0.628. The minimum absolute atomic E-state index is 0.111. The van der Waals surface area contributed by atoms with E-state index in [0.717, 1.165) is 0 Å². The maximum absolute atomic E-state index is 11.0. The Hall–Kier alpha value is -1.06. The lowest BCUT2D eigenvalue weighted by Crippen LogP contribution is -2.34. The lowest BCUT2D eigenvalue weighted by Gasteiger charge is -2.15. The van der Waals surface area contributed by atoms with Crippen LogP contribution < -0.4 is 5.32 Å². The monoisotopic (exact) mass is 159 g/mol. The molecule has 0 aromatic carbocycles. The van der Waals surface area contributed by atoms with Crippen molar-refractivity contribution in [2.45, 2.75) is 20.8 Å². The second-order valence-corrected chi connectivity index (χ2v) is 3.33. The fourth-order valence-electron chi connectivity index (χ4n) is 0.421. The lowest BCUT2D eigenvalue weighted by atomic mass is 9.91. The van der Waals surface area contributed by atoms with E-state index >= 15 is 0 Å². The molecule has 64 valence electrons. The second kappa shape index (κ2) is 3.37. The molecule has 0 spiro atoms. The maximum Gasteiger partial charge on any atom is 0.405 e. The molecule has 0 aliphatic rings. The summed E-state index contributed by atoms with van der Waals surface area (Å²) in [5.41, 5.74) is -0.470. The number of carbonyl (C=O) groups excluding carboxylic acids is 1. The van der Waals surface area contributed by atoms with E-state index in [9.17, 15) is 9.59 Å². The van der Waals surface area contributed by atoms with Crippen LogP contribution in [0.15, 0.2) is 0 Å². The Balaban J connectivity index is 3.80. The Morgan fingerprint density at radius 3 is 2.09 bits per heavy atom. The van der Waals surface area contributed by atoms with Crippen molar-refractivity contribution >= 4 is 11.9 Å². The van der Waals surface area contributed by atoms with Crippen LogP contribution in [0.4, 0.5) is 4.79 Å². The van der Waals surface area contributed by atoms with Gasteiger partial charge in [-0.25, -0.2) is 4.79 Å². The van der Waals surface area contributed by atoms with Gasteiger partial charge in [0.1, 0.15) is 0 Å². The van der Waals surface area contributed by atoms with Crippen molar-refractivity contribution in [3.63, 3.8) is 0 Å². The lowest BCUT2D eigenvalue weighted by molar-refractivity contribution is -0.125. The summed E-state index contributed by atoms with van der Waals surface area (Å²) in [7, 11) is 0. The fourth-order valence-corrected chi connectivity index (χ4v) is 0.421. The molecule has 2 N–H and O–H groups in total. The molecule has 0 aliphatic heterocycles. The highest BCUT2D eigenvalue weighted by Crippen LogP contribution is 2.13. The smallest absolute Gasteiger partial charge is 0.405 e. The average Bonchev–Trinajstić information content (AvgIpc) is 1.80. The third-order valence-corrected chi connectivity index (χ3v) is 1.24. The molecule has 0 radical (unpaired) electrons. The topological polar surface area (TPSA) is 66.4 Å². The first-order valence-corrected chi connectivity index (χ1v) is 3.34. The van der Waals surface area contributed by atoms with Crippen molar-refractivity contribution in [1.29, 1.82) is 0 Å². The summed E-state index contributed by atoms with van der Waals surface area (Å²) in [4.78, 5) is 21.0. The van der Waals surface area contributed by atoms with Crippen molar-refractivity contribution in [3.05, 3.63) is 0 Å². The number of rotatable bonds is 2. The van der Waals surface area contributed by atoms with Crippen molar-refractivity contribution in [2.24, 2.45) is 5.41 Å². The van der Waals surface area contributed by atoms with Crippen molar-refractivity contribution in [3.8, 4) is 0 Å². The predicted octanol–water partition coefficient (Wildman–Crippen LogP) is 0.869. The van der Waals surface area contributed by atoms with Crippen LogP contribution in [0.1, 0.15) is 20.8 Å². The molecule has 1 amide bonds. The molecule has 0 rings (SSSR count). The van der Waals surface area contributed by atoms with Gasteiger partial charge in [-0.15, -0.1) is 0 Å². The van der Waals surface area contributed by atoms with Gasteiger partial charge in [-0.3, -0.25) is 4.79 Å². The molecule has 0 saturated carbocycles. The number of hydrogen-bond acceptors (Lipinski definition) is 2. The van der Waals surface area contributed by atoms with Crippen LogP contribution in [-0.2, 0) is 4.79 Å². The number of carboxylic acid groups (broad SMARTS) is 1. The van der Waals surface area contributed by atoms with Gasteiger partial charge in [0.15, 0.2) is 5.78 Å². The molecule has 0 atom stereocenters. The van der Waals surface area contributed by atoms with Gasteiger partial charge in [0.25, 0.3) is 0 Å². The number of amides is 1. The molecule has 0 aromatic heterocycles. The highest BCUT2D eigenvalue weighted by Gasteiger charge is 2.20. The highest BCUT2D eigenvalue weighted by atomic mass is 16.4. The summed E-state index contributed by atoms with van der Waals surface area (Å²) in [5.74, 6) is -0.111. The van der Waals surface area contributed by atoms with Crippen molar-refractivity contribution in [2.75, 3.05) is 6.54 Å².